The molecule has 0 unspecified atom stereocenters. The van der Waals surface area contributed by atoms with E-state index in [4.69, 9.17) is 4.74 Å². The van der Waals surface area contributed by atoms with E-state index in [2.05, 4.69) is 37.4 Å². The summed E-state index contributed by atoms with van der Waals surface area (Å²) in [5.41, 5.74) is 3.24. The van der Waals surface area contributed by atoms with Crippen LogP contribution in [0, 0.1) is 5.92 Å². The van der Waals surface area contributed by atoms with E-state index >= 15 is 0 Å². The van der Waals surface area contributed by atoms with E-state index in [1.807, 2.05) is 0 Å². The lowest BCUT2D eigenvalue weighted by molar-refractivity contribution is 0.168. The summed E-state index contributed by atoms with van der Waals surface area (Å²) >= 11 is 0. The molecule has 1 aliphatic heterocycles. The Labute approximate surface area is 110 Å². The number of nitrogens with one attached hydrogen (secondary N) is 1. The minimum atomic E-state index is 0.250. The van der Waals surface area contributed by atoms with Crippen LogP contribution in [0.5, 0.6) is 5.75 Å². The van der Waals surface area contributed by atoms with Crippen molar-refractivity contribution in [1.29, 1.82) is 0 Å². The number of methoxy groups -OCH3 is 1. The number of fused-ring (bicyclic) bond motifs is 2. The van der Waals surface area contributed by atoms with Gasteiger partial charge < -0.3 is 10.1 Å². The summed E-state index contributed by atoms with van der Waals surface area (Å²) in [6.45, 7) is 5.98. The molecule has 1 N–H and O–H groups in total. The maximum atomic E-state index is 5.39. The van der Waals surface area contributed by atoms with Crippen molar-refractivity contribution in [3.8, 4) is 5.75 Å². The molecule has 1 aromatic rings. The predicted octanol–water partition coefficient (Wildman–Crippen LogP) is 2.90. The third-order valence-corrected chi connectivity index (χ3v) is 4.96. The van der Waals surface area contributed by atoms with Crippen LogP contribution in [0.25, 0.3) is 0 Å². The Morgan fingerprint density at radius 3 is 2.94 bits per heavy atom. The van der Waals surface area contributed by atoms with Crippen molar-refractivity contribution in [2.45, 2.75) is 44.6 Å². The van der Waals surface area contributed by atoms with Gasteiger partial charge in [-0.15, -0.1) is 0 Å². The molecule has 1 saturated heterocycles. The van der Waals surface area contributed by atoms with Gasteiger partial charge in [-0.2, -0.15) is 0 Å². The lowest BCUT2D eigenvalue weighted by Gasteiger charge is -2.48. The van der Waals surface area contributed by atoms with Crippen LogP contribution in [0.1, 0.15) is 37.8 Å². The third-order valence-electron chi connectivity index (χ3n) is 4.96. The normalized spacial score (nSPS) is 29.3. The molecule has 3 rings (SSSR count). The van der Waals surface area contributed by atoms with Crippen molar-refractivity contribution >= 4 is 0 Å². The van der Waals surface area contributed by atoms with E-state index in [9.17, 15) is 0 Å². The molecule has 1 fully saturated rings. The fraction of sp³-hybridized carbons (Fsp3) is 0.625. The molecule has 0 spiro atoms. The zero-order chi connectivity index (χ0) is 12.8. The summed E-state index contributed by atoms with van der Waals surface area (Å²) in [6, 6.07) is 7.26. The summed E-state index contributed by atoms with van der Waals surface area (Å²) in [6.07, 6.45) is 3.83. The quantitative estimate of drug-likeness (QED) is 0.821. The van der Waals surface area contributed by atoms with Gasteiger partial charge in [0.25, 0.3) is 0 Å². The number of ether oxygens (including phenoxy) is 1. The molecule has 0 aromatic heterocycles. The van der Waals surface area contributed by atoms with Crippen molar-refractivity contribution in [1.82, 2.24) is 5.32 Å². The molecular formula is C16H23NO. The van der Waals surface area contributed by atoms with E-state index in [-0.39, 0.29) is 5.41 Å². The largest absolute Gasteiger partial charge is 0.497 e. The molecule has 1 aromatic carbocycles. The number of rotatable bonds is 1. The van der Waals surface area contributed by atoms with Crippen molar-refractivity contribution in [2.75, 3.05) is 13.7 Å². The SMILES string of the molecule is COc1ccc2c(c1)C(C)(C)[C@H]1CCCN[C@@H]1C2. The van der Waals surface area contributed by atoms with Crippen LogP contribution >= 0.6 is 0 Å². The molecule has 0 saturated carbocycles. The fourth-order valence-electron chi connectivity index (χ4n) is 3.93. The van der Waals surface area contributed by atoms with Gasteiger partial charge in [0.05, 0.1) is 7.11 Å². The van der Waals surface area contributed by atoms with Crippen molar-refractivity contribution < 1.29 is 4.74 Å². The number of hydrogen-bond donors (Lipinski definition) is 1. The minimum absolute atomic E-state index is 0.250. The minimum Gasteiger partial charge on any atom is -0.497 e. The van der Waals surface area contributed by atoms with E-state index in [0.29, 0.717) is 6.04 Å². The molecule has 18 heavy (non-hydrogen) atoms. The second-order valence-electron chi connectivity index (χ2n) is 6.26. The first-order valence-electron chi connectivity index (χ1n) is 7.03. The Kier molecular flexibility index (Phi) is 2.86. The van der Waals surface area contributed by atoms with Gasteiger partial charge in [0.15, 0.2) is 0 Å². The molecule has 2 aliphatic rings. The van der Waals surface area contributed by atoms with Crippen LogP contribution in [0.3, 0.4) is 0 Å². The van der Waals surface area contributed by atoms with Gasteiger partial charge in [-0.3, -0.25) is 0 Å². The van der Waals surface area contributed by atoms with Gasteiger partial charge in [0.2, 0.25) is 0 Å². The van der Waals surface area contributed by atoms with Gasteiger partial charge in [0, 0.05) is 6.04 Å². The number of piperidine rings is 1. The lowest BCUT2D eigenvalue weighted by atomic mass is 9.61. The summed E-state index contributed by atoms with van der Waals surface area (Å²) < 4.78 is 5.39. The van der Waals surface area contributed by atoms with Crippen molar-refractivity contribution in [3.05, 3.63) is 29.3 Å². The highest BCUT2D eigenvalue weighted by Gasteiger charge is 2.43. The standard InChI is InChI=1S/C16H23NO/c1-16(2)13-5-4-8-17-15(13)9-11-6-7-12(18-3)10-14(11)16/h6-7,10,13,15,17H,4-5,8-9H2,1-3H3/t13-,15+/m0/s1. The average molecular weight is 245 g/mol. The topological polar surface area (TPSA) is 21.3 Å². The highest BCUT2D eigenvalue weighted by molar-refractivity contribution is 5.43. The maximum absolute atomic E-state index is 5.39. The van der Waals surface area contributed by atoms with E-state index in [0.717, 1.165) is 11.7 Å². The Morgan fingerprint density at radius 2 is 2.17 bits per heavy atom. The van der Waals surface area contributed by atoms with Crippen LogP contribution in [-0.4, -0.2) is 19.7 Å². The van der Waals surface area contributed by atoms with Crippen LogP contribution in [-0.2, 0) is 11.8 Å². The van der Waals surface area contributed by atoms with E-state index < -0.39 is 0 Å². The Bertz CT molecular complexity index is 452. The predicted molar refractivity (Wildman–Crippen MR) is 74.2 cm³/mol. The Balaban J connectivity index is 2.06. The summed E-state index contributed by atoms with van der Waals surface area (Å²) in [7, 11) is 1.75. The first kappa shape index (κ1) is 12.0. The second-order valence-corrected chi connectivity index (χ2v) is 6.26. The number of benzene rings is 1. The molecule has 2 atom stereocenters. The third kappa shape index (κ3) is 1.74. The molecule has 2 nitrogen and oxygen atoms in total. The summed E-state index contributed by atoms with van der Waals surface area (Å²) in [5, 5.41) is 3.71. The van der Waals surface area contributed by atoms with Gasteiger partial charge >= 0.3 is 0 Å². The van der Waals surface area contributed by atoms with Gasteiger partial charge in [-0.1, -0.05) is 19.9 Å². The van der Waals surface area contributed by atoms with E-state index in [1.54, 1.807) is 7.11 Å². The van der Waals surface area contributed by atoms with Crippen LogP contribution in [0.15, 0.2) is 18.2 Å². The molecule has 0 radical (unpaired) electrons. The maximum Gasteiger partial charge on any atom is 0.119 e. The zero-order valence-electron chi connectivity index (χ0n) is 11.6. The molecule has 98 valence electrons. The average Bonchev–Trinajstić information content (AvgIpc) is 2.39. The molecular weight excluding hydrogens is 222 g/mol. The summed E-state index contributed by atoms with van der Waals surface area (Å²) in [5.74, 6) is 1.75. The van der Waals surface area contributed by atoms with Crippen LogP contribution in [0.2, 0.25) is 0 Å². The fourth-order valence-corrected chi connectivity index (χ4v) is 3.93. The van der Waals surface area contributed by atoms with E-state index in [1.165, 1.54) is 36.9 Å². The molecule has 1 aliphatic carbocycles. The van der Waals surface area contributed by atoms with Crippen molar-refractivity contribution in [2.24, 2.45) is 5.92 Å². The molecule has 2 heteroatoms. The molecule has 0 bridgehead atoms. The van der Waals surface area contributed by atoms with Crippen LogP contribution in [0.4, 0.5) is 0 Å². The number of hydrogen-bond acceptors (Lipinski definition) is 2. The Morgan fingerprint density at radius 1 is 1.33 bits per heavy atom. The van der Waals surface area contributed by atoms with Crippen LogP contribution < -0.4 is 10.1 Å². The smallest absolute Gasteiger partial charge is 0.119 e. The van der Waals surface area contributed by atoms with Gasteiger partial charge in [-0.25, -0.2) is 0 Å². The zero-order valence-corrected chi connectivity index (χ0v) is 11.6. The first-order chi connectivity index (χ1) is 8.63. The van der Waals surface area contributed by atoms with Crippen molar-refractivity contribution in [3.63, 3.8) is 0 Å². The Hall–Kier alpha value is -1.02. The van der Waals surface area contributed by atoms with Gasteiger partial charge in [-0.05, 0) is 60.4 Å². The molecule has 1 heterocycles. The van der Waals surface area contributed by atoms with Gasteiger partial charge in [0.1, 0.15) is 5.75 Å². The highest BCUT2D eigenvalue weighted by atomic mass is 16.5. The molecule has 0 amide bonds. The second kappa shape index (κ2) is 4.27. The first-order valence-corrected chi connectivity index (χ1v) is 7.03. The summed E-state index contributed by atoms with van der Waals surface area (Å²) in [4.78, 5) is 0. The highest BCUT2D eigenvalue weighted by Crippen LogP contribution is 2.45. The monoisotopic (exact) mass is 245 g/mol. The lowest BCUT2D eigenvalue weighted by Crippen LogP contribution is -2.53.